The van der Waals surface area contributed by atoms with Gasteiger partial charge in [-0.1, -0.05) is 19.1 Å². The topological polar surface area (TPSA) is 97.0 Å². The van der Waals surface area contributed by atoms with Crippen molar-refractivity contribution in [3.05, 3.63) is 48.0 Å². The molecule has 1 saturated heterocycles. The van der Waals surface area contributed by atoms with Crippen LogP contribution in [0.15, 0.2) is 42.5 Å². The predicted octanol–water partition coefficient (Wildman–Crippen LogP) is 2.82. The Morgan fingerprint density at radius 3 is 2.65 bits per heavy atom. The molecule has 2 aliphatic rings. The summed E-state index contributed by atoms with van der Waals surface area (Å²) in [6.07, 6.45) is 1.45. The average Bonchev–Trinajstić information content (AvgIpc) is 3.39. The quantitative estimate of drug-likeness (QED) is 0.714. The van der Waals surface area contributed by atoms with Gasteiger partial charge in [0.2, 0.25) is 24.5 Å². The highest BCUT2D eigenvalue weighted by Gasteiger charge is 2.35. The maximum absolute atomic E-state index is 12.6. The summed E-state index contributed by atoms with van der Waals surface area (Å²) in [6.45, 7) is 2.81. The molecule has 2 aromatic rings. The van der Waals surface area contributed by atoms with Crippen LogP contribution in [-0.4, -0.2) is 31.1 Å². The molecular weight excluding hydrogens is 398 g/mol. The normalized spacial score (nSPS) is 17.0. The van der Waals surface area contributed by atoms with Gasteiger partial charge in [0, 0.05) is 43.4 Å². The van der Waals surface area contributed by atoms with Gasteiger partial charge < -0.3 is 25.0 Å². The molecule has 0 spiro atoms. The molecule has 2 heterocycles. The van der Waals surface area contributed by atoms with Gasteiger partial charge in [0.15, 0.2) is 11.5 Å². The van der Waals surface area contributed by atoms with Gasteiger partial charge in [0.1, 0.15) is 0 Å². The first-order valence-electron chi connectivity index (χ1n) is 10.4. The first-order chi connectivity index (χ1) is 15.0. The Bertz CT molecular complexity index is 989. The smallest absolute Gasteiger partial charge is 0.231 e. The molecule has 3 amide bonds. The van der Waals surface area contributed by atoms with E-state index in [0.717, 1.165) is 17.7 Å². The fraction of sp³-hybridized carbons (Fsp3) is 0.348. The van der Waals surface area contributed by atoms with E-state index in [0.29, 0.717) is 36.7 Å². The minimum Gasteiger partial charge on any atom is -0.454 e. The highest BCUT2D eigenvalue weighted by molar-refractivity contribution is 6.00. The molecule has 2 aromatic carbocycles. The van der Waals surface area contributed by atoms with E-state index in [1.54, 1.807) is 23.1 Å². The van der Waals surface area contributed by atoms with E-state index in [1.807, 2.05) is 31.2 Å². The number of carbonyl (C=O) groups excluding carboxylic acids is 3. The number of hydrogen-bond acceptors (Lipinski definition) is 5. The molecule has 0 aromatic heterocycles. The zero-order valence-electron chi connectivity index (χ0n) is 17.3. The number of hydrogen-bond donors (Lipinski definition) is 2. The van der Waals surface area contributed by atoms with Crippen molar-refractivity contribution in [3.8, 4) is 11.5 Å². The van der Waals surface area contributed by atoms with Crippen molar-refractivity contribution in [1.82, 2.24) is 5.32 Å². The Labute approximate surface area is 180 Å². The van der Waals surface area contributed by atoms with Crippen molar-refractivity contribution in [3.63, 3.8) is 0 Å². The molecule has 31 heavy (non-hydrogen) atoms. The summed E-state index contributed by atoms with van der Waals surface area (Å²) in [4.78, 5) is 38.4. The highest BCUT2D eigenvalue weighted by atomic mass is 16.7. The fourth-order valence-corrected chi connectivity index (χ4v) is 3.68. The van der Waals surface area contributed by atoms with Crippen LogP contribution in [-0.2, 0) is 20.9 Å². The van der Waals surface area contributed by atoms with E-state index < -0.39 is 5.92 Å². The molecule has 0 bridgehead atoms. The summed E-state index contributed by atoms with van der Waals surface area (Å²) in [5.41, 5.74) is 2.35. The molecule has 0 saturated carbocycles. The van der Waals surface area contributed by atoms with E-state index in [4.69, 9.17) is 9.47 Å². The SMILES string of the molecule is CCCC(=O)Nc1ccc(CNC(=O)[C@@H]2CC(=O)N(c3ccc4c(c3)OCO4)C2)cc1. The molecule has 162 valence electrons. The summed E-state index contributed by atoms with van der Waals surface area (Å²) in [7, 11) is 0. The molecular formula is C23H25N3O5. The molecule has 8 heteroatoms. The number of rotatable bonds is 7. The molecule has 2 N–H and O–H groups in total. The second-order valence-electron chi connectivity index (χ2n) is 7.66. The van der Waals surface area contributed by atoms with Gasteiger partial charge in [-0.15, -0.1) is 0 Å². The van der Waals surface area contributed by atoms with Crippen molar-refractivity contribution >= 4 is 29.1 Å². The Morgan fingerprint density at radius 2 is 1.87 bits per heavy atom. The molecule has 0 radical (unpaired) electrons. The van der Waals surface area contributed by atoms with Gasteiger partial charge in [0.25, 0.3) is 0 Å². The molecule has 1 atom stereocenters. The maximum Gasteiger partial charge on any atom is 0.231 e. The lowest BCUT2D eigenvalue weighted by Gasteiger charge is -2.17. The van der Waals surface area contributed by atoms with Crippen LogP contribution in [0, 0.1) is 5.92 Å². The van der Waals surface area contributed by atoms with Gasteiger partial charge >= 0.3 is 0 Å². The third-order valence-electron chi connectivity index (χ3n) is 5.35. The number of nitrogens with zero attached hydrogens (tertiary/aromatic N) is 1. The monoisotopic (exact) mass is 423 g/mol. The summed E-state index contributed by atoms with van der Waals surface area (Å²) < 4.78 is 10.7. The lowest BCUT2D eigenvalue weighted by Crippen LogP contribution is -2.32. The number of ether oxygens (including phenoxy) is 2. The third kappa shape index (κ3) is 4.79. The summed E-state index contributed by atoms with van der Waals surface area (Å²) in [5.74, 6) is 0.586. The minimum atomic E-state index is -0.412. The lowest BCUT2D eigenvalue weighted by molar-refractivity contribution is -0.126. The van der Waals surface area contributed by atoms with Crippen molar-refractivity contribution in [2.75, 3.05) is 23.6 Å². The van der Waals surface area contributed by atoms with E-state index in [9.17, 15) is 14.4 Å². The van der Waals surface area contributed by atoms with Crippen LogP contribution in [0.2, 0.25) is 0 Å². The standard InChI is InChI=1S/C23H25N3O5/c1-2-3-21(27)25-17-6-4-15(5-7-17)12-24-23(29)16-10-22(28)26(13-16)18-8-9-19-20(11-18)31-14-30-19/h4-9,11,16H,2-3,10,12-14H2,1H3,(H,24,29)(H,25,27)/t16-/m1/s1. The molecule has 2 aliphatic heterocycles. The second-order valence-corrected chi connectivity index (χ2v) is 7.66. The van der Waals surface area contributed by atoms with Gasteiger partial charge in [-0.2, -0.15) is 0 Å². The van der Waals surface area contributed by atoms with Crippen molar-refractivity contribution in [1.29, 1.82) is 0 Å². The number of fused-ring (bicyclic) bond motifs is 1. The first kappa shape index (κ1) is 20.7. The van der Waals surface area contributed by atoms with Crippen LogP contribution in [0.1, 0.15) is 31.7 Å². The van der Waals surface area contributed by atoms with E-state index in [-0.39, 0.29) is 30.9 Å². The zero-order chi connectivity index (χ0) is 21.8. The lowest BCUT2D eigenvalue weighted by atomic mass is 10.1. The summed E-state index contributed by atoms with van der Waals surface area (Å²) >= 11 is 0. The van der Waals surface area contributed by atoms with Crippen molar-refractivity contribution in [2.45, 2.75) is 32.7 Å². The van der Waals surface area contributed by atoms with Crippen LogP contribution in [0.3, 0.4) is 0 Å². The van der Waals surface area contributed by atoms with Crippen LogP contribution in [0.25, 0.3) is 0 Å². The Hall–Kier alpha value is -3.55. The fourth-order valence-electron chi connectivity index (χ4n) is 3.68. The van der Waals surface area contributed by atoms with Gasteiger partial charge in [0.05, 0.1) is 5.92 Å². The summed E-state index contributed by atoms with van der Waals surface area (Å²) in [5, 5.41) is 5.74. The van der Waals surface area contributed by atoms with E-state index >= 15 is 0 Å². The Balaban J connectivity index is 1.30. The number of carbonyl (C=O) groups is 3. The van der Waals surface area contributed by atoms with Crippen LogP contribution in [0.5, 0.6) is 11.5 Å². The molecule has 4 rings (SSSR count). The number of nitrogens with one attached hydrogen (secondary N) is 2. The van der Waals surface area contributed by atoms with Crippen LogP contribution in [0.4, 0.5) is 11.4 Å². The van der Waals surface area contributed by atoms with Gasteiger partial charge in [-0.05, 0) is 36.2 Å². The number of anilines is 2. The predicted molar refractivity (Wildman–Crippen MR) is 115 cm³/mol. The van der Waals surface area contributed by atoms with Crippen molar-refractivity contribution in [2.24, 2.45) is 5.92 Å². The van der Waals surface area contributed by atoms with Crippen molar-refractivity contribution < 1.29 is 23.9 Å². The summed E-state index contributed by atoms with van der Waals surface area (Å²) in [6, 6.07) is 12.7. The number of benzene rings is 2. The Kier molecular flexibility index (Phi) is 6.06. The zero-order valence-corrected chi connectivity index (χ0v) is 17.3. The highest BCUT2D eigenvalue weighted by Crippen LogP contribution is 2.37. The van der Waals surface area contributed by atoms with Crippen LogP contribution < -0.4 is 25.0 Å². The largest absolute Gasteiger partial charge is 0.454 e. The molecule has 1 fully saturated rings. The maximum atomic E-state index is 12.6. The minimum absolute atomic E-state index is 0.0125. The van der Waals surface area contributed by atoms with Gasteiger partial charge in [-0.3, -0.25) is 14.4 Å². The van der Waals surface area contributed by atoms with E-state index in [2.05, 4.69) is 10.6 Å². The van der Waals surface area contributed by atoms with Gasteiger partial charge in [-0.25, -0.2) is 0 Å². The third-order valence-corrected chi connectivity index (χ3v) is 5.35. The molecule has 0 unspecified atom stereocenters. The first-order valence-corrected chi connectivity index (χ1v) is 10.4. The average molecular weight is 423 g/mol. The Morgan fingerprint density at radius 1 is 1.10 bits per heavy atom. The van der Waals surface area contributed by atoms with E-state index in [1.165, 1.54) is 0 Å². The molecule has 8 nitrogen and oxygen atoms in total. The molecule has 0 aliphatic carbocycles. The number of amides is 3. The second kappa shape index (κ2) is 9.07. The van der Waals surface area contributed by atoms with Crippen LogP contribution >= 0.6 is 0 Å².